The number of sulfonamides is 1. The fourth-order valence-corrected chi connectivity index (χ4v) is 3.36. The Kier molecular flexibility index (Phi) is 3.56. The van der Waals surface area contributed by atoms with E-state index in [1.165, 1.54) is 10.6 Å². The average Bonchev–Trinajstić information content (AvgIpc) is 2.90. The summed E-state index contributed by atoms with van der Waals surface area (Å²) in [4.78, 5) is 4.42. The van der Waals surface area contributed by atoms with Crippen LogP contribution in [0.25, 0.3) is 5.57 Å². The largest absolute Gasteiger partial charge is 0.340 e. The molecule has 1 aromatic carbocycles. The highest BCUT2D eigenvalue weighted by Gasteiger charge is 2.22. The lowest BCUT2D eigenvalue weighted by Gasteiger charge is -2.25. The normalized spacial score (nSPS) is 14.4. The summed E-state index contributed by atoms with van der Waals surface area (Å²) in [7, 11) is 0.267. The summed E-state index contributed by atoms with van der Waals surface area (Å²) in [6.45, 7) is 0. The van der Waals surface area contributed by atoms with Gasteiger partial charge in [-0.2, -0.15) is 0 Å². The number of aromatic nitrogens is 2. The van der Waals surface area contributed by atoms with Crippen LogP contribution in [0.1, 0.15) is 23.2 Å². The zero-order valence-electron chi connectivity index (χ0n) is 12.9. The number of imidazole rings is 1. The van der Waals surface area contributed by atoms with E-state index in [-0.39, 0.29) is 0 Å². The fourth-order valence-electron chi connectivity index (χ4n) is 2.83. The van der Waals surface area contributed by atoms with Crippen molar-refractivity contribution in [3.05, 3.63) is 53.6 Å². The van der Waals surface area contributed by atoms with E-state index in [0.717, 1.165) is 40.9 Å². The maximum atomic E-state index is 11.9. The number of anilines is 1. The van der Waals surface area contributed by atoms with Gasteiger partial charge in [-0.3, -0.25) is 4.31 Å². The zero-order chi connectivity index (χ0) is 15.9. The SMILES string of the molecule is CN(c1cccc2c1CCC=C2c1cn(C)cn1)S(C)(=O)=O. The first-order valence-electron chi connectivity index (χ1n) is 7.12. The molecule has 0 bridgehead atoms. The number of allylic oxidation sites excluding steroid dienone is 1. The van der Waals surface area contributed by atoms with Crippen LogP contribution in [0.5, 0.6) is 0 Å². The molecule has 0 N–H and O–H groups in total. The van der Waals surface area contributed by atoms with Crippen LogP contribution in [0, 0.1) is 0 Å². The number of fused-ring (bicyclic) bond motifs is 1. The number of hydrogen-bond donors (Lipinski definition) is 0. The third-order valence-corrected chi connectivity index (χ3v) is 5.19. The van der Waals surface area contributed by atoms with Crippen molar-refractivity contribution in [3.63, 3.8) is 0 Å². The molecule has 0 aliphatic heterocycles. The quantitative estimate of drug-likeness (QED) is 0.872. The van der Waals surface area contributed by atoms with E-state index < -0.39 is 10.0 Å². The highest BCUT2D eigenvalue weighted by molar-refractivity contribution is 7.92. The maximum absolute atomic E-state index is 11.9. The molecular formula is C16H19N3O2S. The Morgan fingerprint density at radius 3 is 2.73 bits per heavy atom. The monoisotopic (exact) mass is 317 g/mol. The van der Waals surface area contributed by atoms with Gasteiger partial charge in [0.25, 0.3) is 0 Å². The van der Waals surface area contributed by atoms with Crippen LogP contribution in [0.2, 0.25) is 0 Å². The zero-order valence-corrected chi connectivity index (χ0v) is 13.8. The average molecular weight is 317 g/mol. The molecule has 0 radical (unpaired) electrons. The molecule has 1 heterocycles. The molecule has 0 spiro atoms. The Balaban J connectivity index is 2.13. The van der Waals surface area contributed by atoms with Gasteiger partial charge in [0.2, 0.25) is 10.0 Å². The van der Waals surface area contributed by atoms with Gasteiger partial charge in [-0.15, -0.1) is 0 Å². The Bertz CT molecular complexity index is 850. The summed E-state index contributed by atoms with van der Waals surface area (Å²) < 4.78 is 27.0. The molecule has 5 nitrogen and oxygen atoms in total. The minimum atomic E-state index is -3.27. The number of benzene rings is 1. The Morgan fingerprint density at radius 2 is 2.09 bits per heavy atom. The summed E-state index contributed by atoms with van der Waals surface area (Å²) in [5, 5.41) is 0. The Labute approximate surface area is 131 Å². The van der Waals surface area contributed by atoms with Gasteiger partial charge in [0.1, 0.15) is 0 Å². The van der Waals surface area contributed by atoms with Crippen LogP contribution >= 0.6 is 0 Å². The minimum absolute atomic E-state index is 0.751. The van der Waals surface area contributed by atoms with Crippen LogP contribution in [-0.4, -0.2) is 31.3 Å². The van der Waals surface area contributed by atoms with Crippen molar-refractivity contribution in [1.29, 1.82) is 0 Å². The highest BCUT2D eigenvalue weighted by atomic mass is 32.2. The van der Waals surface area contributed by atoms with E-state index in [1.54, 1.807) is 13.4 Å². The second-order valence-corrected chi connectivity index (χ2v) is 7.63. The summed E-state index contributed by atoms with van der Waals surface area (Å²) in [5.41, 5.74) is 4.88. The first-order chi connectivity index (χ1) is 10.4. The van der Waals surface area contributed by atoms with E-state index >= 15 is 0 Å². The van der Waals surface area contributed by atoms with Crippen LogP contribution in [-0.2, 0) is 23.5 Å². The van der Waals surface area contributed by atoms with Gasteiger partial charge in [0, 0.05) is 25.9 Å². The van der Waals surface area contributed by atoms with Gasteiger partial charge in [0.15, 0.2) is 0 Å². The van der Waals surface area contributed by atoms with E-state index in [0.29, 0.717) is 0 Å². The Morgan fingerprint density at radius 1 is 1.32 bits per heavy atom. The van der Waals surface area contributed by atoms with Crippen molar-refractivity contribution in [2.24, 2.45) is 7.05 Å². The fraction of sp³-hybridized carbons (Fsp3) is 0.312. The van der Waals surface area contributed by atoms with Crippen LogP contribution in [0.4, 0.5) is 5.69 Å². The second-order valence-electron chi connectivity index (χ2n) is 5.61. The summed E-state index contributed by atoms with van der Waals surface area (Å²) >= 11 is 0. The predicted octanol–water partition coefficient (Wildman–Crippen LogP) is 2.19. The molecule has 0 amide bonds. The molecule has 3 rings (SSSR count). The van der Waals surface area contributed by atoms with Crippen molar-refractivity contribution >= 4 is 21.3 Å². The first-order valence-corrected chi connectivity index (χ1v) is 8.97. The lowest BCUT2D eigenvalue weighted by atomic mass is 9.88. The van der Waals surface area contributed by atoms with Crippen molar-refractivity contribution in [2.45, 2.75) is 12.8 Å². The van der Waals surface area contributed by atoms with Gasteiger partial charge in [0.05, 0.1) is 24.0 Å². The summed E-state index contributed by atoms with van der Waals surface area (Å²) in [5.74, 6) is 0. The van der Waals surface area contributed by atoms with Crippen molar-refractivity contribution in [3.8, 4) is 0 Å². The third kappa shape index (κ3) is 2.54. The van der Waals surface area contributed by atoms with E-state index in [2.05, 4.69) is 11.1 Å². The van der Waals surface area contributed by atoms with E-state index in [1.807, 2.05) is 36.0 Å². The van der Waals surface area contributed by atoms with Crippen molar-refractivity contribution < 1.29 is 8.42 Å². The van der Waals surface area contributed by atoms with E-state index in [9.17, 15) is 8.42 Å². The molecule has 1 aromatic heterocycles. The van der Waals surface area contributed by atoms with Crippen LogP contribution in [0.3, 0.4) is 0 Å². The van der Waals surface area contributed by atoms with Gasteiger partial charge in [-0.1, -0.05) is 18.2 Å². The number of aryl methyl sites for hydroxylation is 1. The van der Waals surface area contributed by atoms with Crippen molar-refractivity contribution in [2.75, 3.05) is 17.6 Å². The molecular weight excluding hydrogens is 298 g/mol. The molecule has 1 aliphatic rings. The lowest BCUT2D eigenvalue weighted by molar-refractivity contribution is 0.600. The molecule has 6 heteroatoms. The van der Waals surface area contributed by atoms with Crippen LogP contribution < -0.4 is 4.31 Å². The standard InChI is InChI=1S/C16H19N3O2S/c1-18-10-15(17-11-18)13-7-4-8-14-12(13)6-5-9-16(14)19(2)22(3,20)21/h5-7,9-11H,4,8H2,1-3H3. The molecule has 22 heavy (non-hydrogen) atoms. The number of hydrogen-bond acceptors (Lipinski definition) is 3. The Hall–Kier alpha value is -2.08. The topological polar surface area (TPSA) is 55.2 Å². The molecule has 0 saturated carbocycles. The number of nitrogens with zero attached hydrogens (tertiary/aromatic N) is 3. The van der Waals surface area contributed by atoms with E-state index in [4.69, 9.17) is 0 Å². The first kappa shape index (κ1) is 14.8. The van der Waals surface area contributed by atoms with Gasteiger partial charge < -0.3 is 4.57 Å². The smallest absolute Gasteiger partial charge is 0.232 e. The van der Waals surface area contributed by atoms with Gasteiger partial charge in [-0.25, -0.2) is 13.4 Å². The highest BCUT2D eigenvalue weighted by Crippen LogP contribution is 2.36. The summed E-state index contributed by atoms with van der Waals surface area (Å²) in [6.07, 6.45) is 8.87. The minimum Gasteiger partial charge on any atom is -0.340 e. The molecule has 1 aliphatic carbocycles. The lowest BCUT2D eigenvalue weighted by Crippen LogP contribution is -2.26. The van der Waals surface area contributed by atoms with Gasteiger partial charge >= 0.3 is 0 Å². The molecule has 116 valence electrons. The molecule has 0 saturated heterocycles. The van der Waals surface area contributed by atoms with Crippen molar-refractivity contribution in [1.82, 2.24) is 9.55 Å². The molecule has 0 fully saturated rings. The van der Waals surface area contributed by atoms with Gasteiger partial charge in [-0.05, 0) is 30.0 Å². The molecule has 2 aromatic rings. The number of rotatable bonds is 3. The third-order valence-electron chi connectivity index (χ3n) is 4.00. The second kappa shape index (κ2) is 5.28. The molecule has 0 atom stereocenters. The predicted molar refractivity (Wildman–Crippen MR) is 88.3 cm³/mol. The van der Waals surface area contributed by atoms with Crippen LogP contribution in [0.15, 0.2) is 36.8 Å². The maximum Gasteiger partial charge on any atom is 0.232 e. The molecule has 0 unspecified atom stereocenters. The summed E-state index contributed by atoms with van der Waals surface area (Å²) in [6, 6.07) is 5.80.